The molecule has 0 N–H and O–H groups in total. The van der Waals surface area contributed by atoms with E-state index in [1.54, 1.807) is 24.1 Å². The lowest BCUT2D eigenvalue weighted by Crippen LogP contribution is -2.30. The van der Waals surface area contributed by atoms with E-state index < -0.39 is 16.2 Å². The molecule has 6 rings (SSSR count). The number of hydrogen-bond donors (Lipinski definition) is 0. The molecule has 1 amide bonds. The molecule has 0 saturated heterocycles. The van der Waals surface area contributed by atoms with Crippen LogP contribution in [0.25, 0.3) is 0 Å². The van der Waals surface area contributed by atoms with Gasteiger partial charge < -0.3 is 19.4 Å². The summed E-state index contributed by atoms with van der Waals surface area (Å²) in [6.07, 6.45) is 12.0. The summed E-state index contributed by atoms with van der Waals surface area (Å²) < 4.78 is 46.6. The van der Waals surface area contributed by atoms with Crippen molar-refractivity contribution in [1.29, 1.82) is 0 Å². The fourth-order valence-electron chi connectivity index (χ4n) is 8.37. The van der Waals surface area contributed by atoms with E-state index in [4.69, 9.17) is 4.74 Å². The van der Waals surface area contributed by atoms with Crippen LogP contribution in [-0.2, 0) is 30.3 Å². The zero-order valence-corrected chi connectivity index (χ0v) is 35.4. The van der Waals surface area contributed by atoms with Gasteiger partial charge in [-0.05, 0) is 86.9 Å². The van der Waals surface area contributed by atoms with Crippen LogP contribution in [0.4, 0.5) is 16.2 Å². The highest BCUT2D eigenvalue weighted by molar-refractivity contribution is 7.94. The molecule has 58 heavy (non-hydrogen) atoms. The van der Waals surface area contributed by atoms with Crippen LogP contribution >= 0.6 is 12.0 Å². The van der Waals surface area contributed by atoms with Crippen molar-refractivity contribution in [1.82, 2.24) is 4.90 Å². The van der Waals surface area contributed by atoms with Crippen LogP contribution in [0.15, 0.2) is 126 Å². The third-order valence-electron chi connectivity index (χ3n) is 11.3. The minimum atomic E-state index is -4.29. The molecule has 2 heterocycles. The predicted octanol–water partition coefficient (Wildman–Crippen LogP) is 8.38. The van der Waals surface area contributed by atoms with Gasteiger partial charge in [0.2, 0.25) is 5.69 Å². The van der Waals surface area contributed by atoms with Gasteiger partial charge in [-0.3, -0.25) is 9.94 Å². The maximum Gasteiger partial charge on any atom is 0.419 e. The van der Waals surface area contributed by atoms with Crippen molar-refractivity contribution in [2.24, 2.45) is 0 Å². The average Bonchev–Trinajstić information content (AvgIpc) is 3.77. The largest absolute Gasteiger partial charge is 0.748 e. The van der Waals surface area contributed by atoms with Gasteiger partial charge in [0.25, 0.3) is 0 Å². The van der Waals surface area contributed by atoms with Crippen LogP contribution < -0.4 is 14.9 Å². The van der Waals surface area contributed by atoms with Gasteiger partial charge in [0.1, 0.15) is 12.3 Å². The number of allylic oxidation sites excluding steroid dienone is 7. The summed E-state index contributed by atoms with van der Waals surface area (Å²) in [5.74, 6) is 0.695. The molecule has 0 aromatic heterocycles. The molecule has 308 valence electrons. The summed E-state index contributed by atoms with van der Waals surface area (Å²) in [7, 11) is -2.54. The van der Waals surface area contributed by atoms with Gasteiger partial charge in [-0.2, -0.15) is 8.91 Å². The van der Waals surface area contributed by atoms with Gasteiger partial charge in [0, 0.05) is 78.1 Å². The summed E-state index contributed by atoms with van der Waals surface area (Å²) in [6.45, 7) is 10.2. The van der Waals surface area contributed by atoms with Crippen LogP contribution in [0.2, 0.25) is 0 Å². The Labute approximate surface area is 346 Å². The molecule has 0 atom stereocenters. The Kier molecular flexibility index (Phi) is 13.8. The molecule has 3 aromatic rings. The van der Waals surface area contributed by atoms with E-state index in [0.29, 0.717) is 37.3 Å². The van der Waals surface area contributed by atoms with Crippen molar-refractivity contribution in [3.8, 4) is 5.75 Å². The molecule has 3 aliphatic rings. The van der Waals surface area contributed by atoms with E-state index in [1.807, 2.05) is 30.3 Å². The number of unbranched alkanes of at least 4 members (excludes halogenated alkanes) is 2. The van der Waals surface area contributed by atoms with Gasteiger partial charge in [0.05, 0.1) is 21.2 Å². The van der Waals surface area contributed by atoms with Gasteiger partial charge in [-0.25, -0.2) is 13.2 Å². The number of anilines is 1. The molecule has 1 aliphatic carbocycles. The Balaban J connectivity index is 1.38. The number of hydrogen-bond acceptors (Lipinski definition) is 10. The summed E-state index contributed by atoms with van der Waals surface area (Å²) in [6, 6.07) is 25.7. The quantitative estimate of drug-likeness (QED) is 0.0326. The zero-order valence-electron chi connectivity index (χ0n) is 33.8. The predicted molar refractivity (Wildman–Crippen MR) is 226 cm³/mol. The number of amides is 1. The second kappa shape index (κ2) is 18.6. The van der Waals surface area contributed by atoms with Crippen LogP contribution in [0.5, 0.6) is 5.75 Å². The van der Waals surface area contributed by atoms with E-state index in [1.165, 1.54) is 5.56 Å². The average molecular weight is 827 g/mol. The third kappa shape index (κ3) is 9.68. The minimum absolute atomic E-state index is 0.278. The van der Waals surface area contributed by atoms with E-state index >= 15 is 0 Å². The van der Waals surface area contributed by atoms with Crippen molar-refractivity contribution in [3.05, 3.63) is 137 Å². The second-order valence-electron chi connectivity index (χ2n) is 15.8. The standard InChI is InChI=1S/C45H53N3O8S2/c1-44(2)36-19-9-11-21-38(36)47(29-13-15-31-57-56-55-50)40(44)27-25-33-23-24-34(42(33)46(5)43(49)54-35-17-7-6-8-18-35)26-28-41-45(3,4)37-20-10-12-22-39(37)48(41)30-14-16-32-58(51,52)53/h6-12,17-22,25-28H,13-16,23-24,29-32H2,1-5H3,(H-,50,51,52,53)/p-1. The van der Waals surface area contributed by atoms with Gasteiger partial charge in [0.15, 0.2) is 5.71 Å². The van der Waals surface area contributed by atoms with Crippen LogP contribution in [-0.4, -0.2) is 65.9 Å². The number of nitrogens with zero attached hydrogens (tertiary/aromatic N) is 3. The number of para-hydroxylation sites is 3. The van der Waals surface area contributed by atoms with Gasteiger partial charge >= 0.3 is 6.09 Å². The Morgan fingerprint density at radius 1 is 0.879 bits per heavy atom. The number of ether oxygens (including phenoxy) is 1. The Morgan fingerprint density at radius 2 is 1.59 bits per heavy atom. The molecule has 0 radical (unpaired) electrons. The normalized spacial score (nSPS) is 18.5. The number of carbonyl (C=O) groups excluding carboxylic acids is 1. The molecule has 3 aromatic carbocycles. The van der Waals surface area contributed by atoms with Crippen molar-refractivity contribution in [2.45, 2.75) is 77.0 Å². The fraction of sp³-hybridized carbons (Fsp3) is 0.378. The van der Waals surface area contributed by atoms with E-state index in [0.717, 1.165) is 76.6 Å². The first-order valence-electron chi connectivity index (χ1n) is 19.7. The molecule has 2 aliphatic heterocycles. The maximum atomic E-state index is 13.8. The van der Waals surface area contributed by atoms with E-state index in [9.17, 15) is 23.0 Å². The first kappa shape index (κ1) is 43.1. The highest BCUT2D eigenvalue weighted by Gasteiger charge is 2.44. The lowest BCUT2D eigenvalue weighted by Gasteiger charge is -2.27. The molecule has 0 saturated carbocycles. The second-order valence-corrected chi connectivity index (χ2v) is 18.1. The molecule has 11 nitrogen and oxygen atoms in total. The van der Waals surface area contributed by atoms with Crippen molar-refractivity contribution >= 4 is 45.3 Å². The summed E-state index contributed by atoms with van der Waals surface area (Å²) in [4.78, 5) is 17.8. The van der Waals surface area contributed by atoms with Crippen LogP contribution in [0, 0.1) is 0 Å². The van der Waals surface area contributed by atoms with Gasteiger partial charge in [-0.1, -0.05) is 80.6 Å². The summed E-state index contributed by atoms with van der Waals surface area (Å²) >= 11 is 1.00. The van der Waals surface area contributed by atoms with Crippen LogP contribution in [0.3, 0.4) is 0 Å². The topological polar surface area (TPSA) is 135 Å². The fourth-order valence-corrected chi connectivity index (χ4v) is 9.36. The Bertz CT molecular complexity index is 2240. The van der Waals surface area contributed by atoms with Crippen molar-refractivity contribution < 1.29 is 41.7 Å². The zero-order chi connectivity index (χ0) is 41.5. The number of rotatable bonds is 17. The molecule has 13 heteroatoms. The van der Waals surface area contributed by atoms with Crippen LogP contribution in [0.1, 0.15) is 77.3 Å². The molecular weight excluding hydrogens is 775 g/mol. The monoisotopic (exact) mass is 826 g/mol. The van der Waals surface area contributed by atoms with E-state index in [-0.39, 0.29) is 23.0 Å². The molecule has 0 fully saturated rings. The van der Waals surface area contributed by atoms with Gasteiger partial charge in [-0.15, -0.1) is 0 Å². The first-order chi connectivity index (χ1) is 27.7. The van der Waals surface area contributed by atoms with Crippen molar-refractivity contribution in [2.75, 3.05) is 36.5 Å². The maximum absolute atomic E-state index is 13.8. The third-order valence-corrected chi connectivity index (χ3v) is 12.7. The smallest absolute Gasteiger partial charge is 0.419 e. The Morgan fingerprint density at radius 3 is 2.33 bits per heavy atom. The molecule has 0 unspecified atom stereocenters. The number of carbonyl (C=O) groups is 1. The van der Waals surface area contributed by atoms with E-state index in [2.05, 4.69) is 107 Å². The lowest BCUT2D eigenvalue weighted by molar-refractivity contribution is -0.777. The molecule has 0 bridgehead atoms. The molecular formula is C45H52N3O8S2-. The molecule has 0 spiro atoms. The summed E-state index contributed by atoms with van der Waals surface area (Å²) in [5, 5.41) is 13.7. The highest BCUT2D eigenvalue weighted by atomic mass is 32.2. The minimum Gasteiger partial charge on any atom is -0.748 e. The number of fused-ring (bicyclic) bond motifs is 2. The van der Waals surface area contributed by atoms with Crippen molar-refractivity contribution in [3.63, 3.8) is 0 Å². The summed E-state index contributed by atoms with van der Waals surface area (Å²) in [5.41, 5.74) is 8.95. The highest BCUT2D eigenvalue weighted by Crippen LogP contribution is 2.48. The SMILES string of the molecule is CN(C(=O)Oc1ccccc1)C1=C(/C=C/C2=[N+](CCCCS(=O)(=O)[O-])c3ccccc3C2(C)C)CC/C1=C\C=C1\N(CCCCSOO[O-])c2ccccc2C1(C)C. The number of benzene rings is 3. The lowest BCUT2D eigenvalue weighted by atomic mass is 9.81. The Hall–Kier alpha value is -4.50. The first-order valence-corrected chi connectivity index (χ1v) is 22.2. The number of likely N-dealkylation sites (N-methyl/N-ethyl adjacent to an activating group) is 1.